The van der Waals surface area contributed by atoms with E-state index < -0.39 is 0 Å². The molecule has 2 aliphatic carbocycles. The Labute approximate surface area is 96.4 Å². The molecule has 2 N–H and O–H groups in total. The molecule has 0 bridgehead atoms. The van der Waals surface area contributed by atoms with Crippen molar-refractivity contribution in [3.63, 3.8) is 0 Å². The second kappa shape index (κ2) is 3.40. The Kier molecular flexibility index (Phi) is 2.13. The summed E-state index contributed by atoms with van der Waals surface area (Å²) in [6.07, 6.45) is 5.41. The van der Waals surface area contributed by atoms with Crippen molar-refractivity contribution in [2.24, 2.45) is 13.0 Å². The molecule has 0 saturated heterocycles. The van der Waals surface area contributed by atoms with Crippen LogP contribution < -0.4 is 10.6 Å². The van der Waals surface area contributed by atoms with Gasteiger partial charge in [-0.05, 0) is 38.5 Å². The molecule has 1 aromatic rings. The molecule has 4 nitrogen and oxygen atoms in total. The van der Waals surface area contributed by atoms with Gasteiger partial charge < -0.3 is 10.6 Å². The zero-order chi connectivity index (χ0) is 11.3. The molecule has 0 amide bonds. The molecular formula is C12H20N4. The maximum absolute atomic E-state index is 6.14. The fourth-order valence-electron chi connectivity index (χ4n) is 2.38. The van der Waals surface area contributed by atoms with E-state index in [0.717, 1.165) is 29.2 Å². The minimum absolute atomic E-state index is 0.720. The van der Waals surface area contributed by atoms with Gasteiger partial charge in [0, 0.05) is 19.6 Å². The van der Waals surface area contributed by atoms with Crippen molar-refractivity contribution in [2.75, 3.05) is 17.2 Å². The Hall–Kier alpha value is -1.19. The molecule has 2 fully saturated rings. The summed E-state index contributed by atoms with van der Waals surface area (Å²) in [6, 6.07) is 0.720. The Balaban J connectivity index is 1.90. The number of hydrogen-bond acceptors (Lipinski definition) is 3. The zero-order valence-corrected chi connectivity index (χ0v) is 10.1. The van der Waals surface area contributed by atoms with Crippen LogP contribution in [-0.2, 0) is 7.05 Å². The lowest BCUT2D eigenvalue weighted by Gasteiger charge is -2.25. The molecule has 0 atom stereocenters. The van der Waals surface area contributed by atoms with Gasteiger partial charge in [0.05, 0.1) is 11.4 Å². The molecule has 0 radical (unpaired) electrons. The number of nitrogens with two attached hydrogens (primary N) is 1. The Morgan fingerprint density at radius 1 is 1.38 bits per heavy atom. The van der Waals surface area contributed by atoms with Crippen LogP contribution in [0.3, 0.4) is 0 Å². The monoisotopic (exact) mass is 220 g/mol. The van der Waals surface area contributed by atoms with Gasteiger partial charge in [-0.25, -0.2) is 0 Å². The second-order valence-corrected chi connectivity index (χ2v) is 5.27. The van der Waals surface area contributed by atoms with Crippen LogP contribution in [0.25, 0.3) is 0 Å². The van der Waals surface area contributed by atoms with Crippen LogP contribution in [0.4, 0.5) is 11.5 Å². The van der Waals surface area contributed by atoms with Gasteiger partial charge in [-0.1, -0.05) is 0 Å². The topological polar surface area (TPSA) is 47.1 Å². The number of hydrogen-bond donors (Lipinski definition) is 1. The number of nitrogens with zero attached hydrogens (tertiary/aromatic N) is 3. The number of rotatable bonds is 4. The smallest absolute Gasteiger partial charge is 0.150 e. The highest BCUT2D eigenvalue weighted by Crippen LogP contribution is 2.39. The molecule has 1 heterocycles. The highest BCUT2D eigenvalue weighted by molar-refractivity contribution is 5.67. The van der Waals surface area contributed by atoms with Gasteiger partial charge in [-0.2, -0.15) is 5.10 Å². The zero-order valence-electron chi connectivity index (χ0n) is 10.1. The van der Waals surface area contributed by atoms with E-state index in [1.807, 2.05) is 18.7 Å². The molecule has 2 saturated carbocycles. The van der Waals surface area contributed by atoms with E-state index in [2.05, 4.69) is 10.00 Å². The first-order valence-electron chi connectivity index (χ1n) is 6.22. The van der Waals surface area contributed by atoms with E-state index >= 15 is 0 Å². The molecule has 16 heavy (non-hydrogen) atoms. The third kappa shape index (κ3) is 1.66. The first-order chi connectivity index (χ1) is 7.66. The summed E-state index contributed by atoms with van der Waals surface area (Å²) in [5.41, 5.74) is 7.97. The van der Waals surface area contributed by atoms with Crippen LogP contribution in [0.15, 0.2) is 0 Å². The summed E-state index contributed by atoms with van der Waals surface area (Å²) in [5.74, 6) is 2.04. The molecule has 2 aliphatic rings. The predicted molar refractivity (Wildman–Crippen MR) is 65.4 cm³/mol. The SMILES string of the molecule is Cc1nn(C)c(N(CC2CC2)C2CC2)c1N. The first kappa shape index (κ1) is 10.00. The van der Waals surface area contributed by atoms with Crippen LogP contribution in [0, 0.1) is 12.8 Å². The maximum atomic E-state index is 6.14. The fourth-order valence-corrected chi connectivity index (χ4v) is 2.38. The fraction of sp³-hybridized carbons (Fsp3) is 0.750. The van der Waals surface area contributed by atoms with Crippen LogP contribution in [0.5, 0.6) is 0 Å². The molecule has 0 aliphatic heterocycles. The van der Waals surface area contributed by atoms with E-state index in [1.54, 1.807) is 0 Å². The lowest BCUT2D eigenvalue weighted by molar-refractivity contribution is 0.663. The summed E-state index contributed by atoms with van der Waals surface area (Å²) in [6.45, 7) is 3.16. The summed E-state index contributed by atoms with van der Waals surface area (Å²) in [4.78, 5) is 2.49. The van der Waals surface area contributed by atoms with Crippen LogP contribution in [0.2, 0.25) is 0 Å². The van der Waals surface area contributed by atoms with Gasteiger partial charge in [0.1, 0.15) is 0 Å². The molecule has 0 aromatic carbocycles. The molecule has 4 heteroatoms. The maximum Gasteiger partial charge on any atom is 0.150 e. The largest absolute Gasteiger partial charge is 0.394 e. The van der Waals surface area contributed by atoms with Crippen molar-refractivity contribution in [1.29, 1.82) is 0 Å². The van der Waals surface area contributed by atoms with Gasteiger partial charge in [0.2, 0.25) is 0 Å². The van der Waals surface area contributed by atoms with Crippen molar-refractivity contribution in [1.82, 2.24) is 9.78 Å². The standard InChI is InChI=1S/C12H20N4/c1-8-11(13)12(15(2)14-8)16(10-5-6-10)7-9-3-4-9/h9-10H,3-7,13H2,1-2H3. The summed E-state index contributed by atoms with van der Waals surface area (Å²) >= 11 is 0. The van der Waals surface area contributed by atoms with Gasteiger partial charge in [0.25, 0.3) is 0 Å². The predicted octanol–water partition coefficient (Wildman–Crippen LogP) is 1.69. The lowest BCUT2D eigenvalue weighted by Crippen LogP contribution is -2.30. The van der Waals surface area contributed by atoms with Crippen LogP contribution in [-0.4, -0.2) is 22.4 Å². The average Bonchev–Trinajstić information content (AvgIpc) is 3.10. The van der Waals surface area contributed by atoms with Gasteiger partial charge in [-0.15, -0.1) is 0 Å². The quantitative estimate of drug-likeness (QED) is 0.840. The number of nitrogen functional groups attached to an aromatic ring is 1. The number of aromatic nitrogens is 2. The van der Waals surface area contributed by atoms with E-state index in [4.69, 9.17) is 5.73 Å². The number of anilines is 2. The number of aryl methyl sites for hydroxylation is 2. The highest BCUT2D eigenvalue weighted by Gasteiger charge is 2.36. The van der Waals surface area contributed by atoms with E-state index in [9.17, 15) is 0 Å². The van der Waals surface area contributed by atoms with Crippen molar-refractivity contribution >= 4 is 11.5 Å². The lowest BCUT2D eigenvalue weighted by atomic mass is 10.3. The summed E-state index contributed by atoms with van der Waals surface area (Å²) in [7, 11) is 2.00. The summed E-state index contributed by atoms with van der Waals surface area (Å²) in [5, 5.41) is 4.42. The Bertz CT molecular complexity index is 401. The first-order valence-corrected chi connectivity index (χ1v) is 6.22. The van der Waals surface area contributed by atoms with E-state index in [1.165, 1.54) is 32.2 Å². The van der Waals surface area contributed by atoms with Crippen molar-refractivity contribution in [3.8, 4) is 0 Å². The minimum atomic E-state index is 0.720. The van der Waals surface area contributed by atoms with Crippen LogP contribution in [0.1, 0.15) is 31.4 Å². The molecule has 88 valence electrons. The molecule has 1 aromatic heterocycles. The minimum Gasteiger partial charge on any atom is -0.394 e. The van der Waals surface area contributed by atoms with E-state index in [0.29, 0.717) is 0 Å². The van der Waals surface area contributed by atoms with Crippen LogP contribution >= 0.6 is 0 Å². The van der Waals surface area contributed by atoms with Crippen molar-refractivity contribution in [3.05, 3.63) is 5.69 Å². The average molecular weight is 220 g/mol. The summed E-state index contributed by atoms with van der Waals surface area (Å²) < 4.78 is 1.95. The molecule has 0 unspecified atom stereocenters. The van der Waals surface area contributed by atoms with Gasteiger partial charge in [0.15, 0.2) is 5.82 Å². The van der Waals surface area contributed by atoms with Crippen molar-refractivity contribution < 1.29 is 0 Å². The second-order valence-electron chi connectivity index (χ2n) is 5.27. The van der Waals surface area contributed by atoms with E-state index in [-0.39, 0.29) is 0 Å². The normalized spacial score (nSPS) is 20.1. The third-order valence-electron chi connectivity index (χ3n) is 3.65. The third-order valence-corrected chi connectivity index (χ3v) is 3.65. The molecule has 0 spiro atoms. The highest BCUT2D eigenvalue weighted by atomic mass is 15.4. The van der Waals surface area contributed by atoms with Gasteiger partial charge in [-0.3, -0.25) is 4.68 Å². The van der Waals surface area contributed by atoms with Gasteiger partial charge >= 0.3 is 0 Å². The molecular weight excluding hydrogens is 200 g/mol. The Morgan fingerprint density at radius 2 is 2.06 bits per heavy atom. The molecule has 3 rings (SSSR count). The Morgan fingerprint density at radius 3 is 2.50 bits per heavy atom. The van der Waals surface area contributed by atoms with Crippen molar-refractivity contribution in [2.45, 2.75) is 38.6 Å².